The third-order valence-corrected chi connectivity index (χ3v) is 0.735. The van der Waals surface area contributed by atoms with Crippen molar-refractivity contribution in [1.29, 1.82) is 0 Å². The van der Waals surface area contributed by atoms with Crippen molar-refractivity contribution in [2.45, 2.75) is 0 Å². The summed E-state index contributed by atoms with van der Waals surface area (Å²) in [4.78, 5) is 8.34. The van der Waals surface area contributed by atoms with Crippen LogP contribution in [0.5, 0.6) is 0 Å². The van der Waals surface area contributed by atoms with E-state index in [-0.39, 0.29) is 11.9 Å². The van der Waals surface area contributed by atoms with Crippen LogP contribution >= 0.6 is 0 Å². The van der Waals surface area contributed by atoms with E-state index in [2.05, 4.69) is 35.2 Å². The molecule has 54 valence electrons. The minimum absolute atomic E-state index is 0.0325. The van der Waals surface area contributed by atoms with Crippen LogP contribution in [0.15, 0.2) is 10.2 Å². The average molecular weight is 151 g/mol. The zero-order valence-electron chi connectivity index (χ0n) is 5.08. The van der Waals surface area contributed by atoms with E-state index in [9.17, 15) is 0 Å². The second-order valence-electron chi connectivity index (χ2n) is 1.34. The maximum absolute atomic E-state index is 7.93. The first kappa shape index (κ1) is 6.87. The maximum Gasteiger partial charge on any atom is 0.238 e. The van der Waals surface area contributed by atoms with Crippen LogP contribution in [0.3, 0.4) is 0 Å². The highest BCUT2D eigenvalue weighted by molar-refractivity contribution is 5.22. The van der Waals surface area contributed by atoms with E-state index >= 15 is 0 Å². The Balaban J connectivity index is 2.98. The molecule has 0 fully saturated rings. The van der Waals surface area contributed by atoms with Gasteiger partial charge < -0.3 is 0 Å². The number of rotatable bonds is 2. The van der Waals surface area contributed by atoms with Crippen LogP contribution in [-0.2, 0) is 0 Å². The molecular formula is C2HN9. The van der Waals surface area contributed by atoms with Gasteiger partial charge in [-0.3, -0.25) is 5.10 Å². The number of nitrogens with zero attached hydrogens (tertiary/aromatic N) is 8. The molecule has 0 bridgehead atoms. The van der Waals surface area contributed by atoms with Crippen molar-refractivity contribution in [3.63, 3.8) is 0 Å². The molecule has 1 rings (SSSR count). The smallest absolute Gasteiger partial charge is 0.238 e. The van der Waals surface area contributed by atoms with Crippen molar-refractivity contribution in [3.8, 4) is 0 Å². The minimum Gasteiger partial charge on any atom is -0.257 e. The van der Waals surface area contributed by atoms with Gasteiger partial charge >= 0.3 is 0 Å². The Morgan fingerprint density at radius 2 is 2.00 bits per heavy atom. The molecule has 0 aliphatic heterocycles. The van der Waals surface area contributed by atoms with Crippen molar-refractivity contribution in [3.05, 3.63) is 20.9 Å². The number of H-pyrrole nitrogens is 1. The highest BCUT2D eigenvalue weighted by atomic mass is 15.4. The number of aromatic amines is 1. The molecule has 9 heteroatoms. The summed E-state index contributed by atoms with van der Waals surface area (Å²) in [7, 11) is 0. The Morgan fingerprint density at radius 3 is 2.64 bits per heavy atom. The zero-order chi connectivity index (χ0) is 8.10. The fourth-order valence-electron chi connectivity index (χ4n) is 0.417. The molecule has 0 saturated carbocycles. The van der Waals surface area contributed by atoms with Crippen molar-refractivity contribution < 1.29 is 0 Å². The second kappa shape index (κ2) is 3.06. The van der Waals surface area contributed by atoms with Crippen LogP contribution < -0.4 is 0 Å². The fourth-order valence-corrected chi connectivity index (χ4v) is 0.417. The summed E-state index contributed by atoms with van der Waals surface area (Å²) in [6, 6.07) is 0. The highest BCUT2D eigenvalue weighted by Gasteiger charge is 1.95. The molecule has 1 N–H and O–H groups in total. The van der Waals surface area contributed by atoms with Gasteiger partial charge in [0.15, 0.2) is 0 Å². The van der Waals surface area contributed by atoms with E-state index in [0.717, 1.165) is 0 Å². The van der Waals surface area contributed by atoms with E-state index in [4.69, 9.17) is 11.1 Å². The Kier molecular flexibility index (Phi) is 1.91. The van der Waals surface area contributed by atoms with Gasteiger partial charge in [0.05, 0.1) is 0 Å². The molecule has 0 spiro atoms. The molecular weight excluding hydrogens is 150 g/mol. The summed E-state index contributed by atoms with van der Waals surface area (Å²) in [6.45, 7) is 0. The Morgan fingerprint density at radius 1 is 1.27 bits per heavy atom. The normalized spacial score (nSPS) is 8.00. The molecule has 0 aromatic carbocycles. The summed E-state index contributed by atoms with van der Waals surface area (Å²) in [5.74, 6) is -0.134. The molecule has 1 heterocycles. The lowest BCUT2D eigenvalue weighted by atomic mass is 11.0. The van der Waals surface area contributed by atoms with Crippen molar-refractivity contribution in [2.75, 3.05) is 0 Å². The number of aromatic nitrogens is 3. The zero-order valence-corrected chi connectivity index (χ0v) is 5.08. The molecule has 0 amide bonds. The van der Waals surface area contributed by atoms with Gasteiger partial charge in [0.2, 0.25) is 11.9 Å². The third-order valence-electron chi connectivity index (χ3n) is 0.735. The number of hydrogen-bond acceptors (Lipinski definition) is 4. The quantitative estimate of drug-likeness (QED) is 0.390. The molecule has 1 aromatic rings. The SMILES string of the molecule is [N-]=[N+]=Nc1n[nH]c(N=[N+]=[N-])n1. The summed E-state index contributed by atoms with van der Waals surface area (Å²) in [6.07, 6.45) is 0. The molecule has 11 heavy (non-hydrogen) atoms. The molecule has 0 atom stereocenters. The lowest BCUT2D eigenvalue weighted by Gasteiger charge is -1.71. The van der Waals surface area contributed by atoms with Gasteiger partial charge in [-0.25, -0.2) is 4.98 Å². The van der Waals surface area contributed by atoms with E-state index in [1.807, 2.05) is 0 Å². The van der Waals surface area contributed by atoms with Crippen LogP contribution in [0.4, 0.5) is 11.9 Å². The van der Waals surface area contributed by atoms with Gasteiger partial charge in [0.1, 0.15) is 0 Å². The minimum atomic E-state index is -0.102. The first-order chi connectivity index (χ1) is 5.36. The highest BCUT2D eigenvalue weighted by Crippen LogP contribution is 2.08. The summed E-state index contributed by atoms with van der Waals surface area (Å²) >= 11 is 0. The van der Waals surface area contributed by atoms with Gasteiger partial charge in [-0.1, -0.05) is 0 Å². The Labute approximate surface area is 59.3 Å². The number of nitrogens with one attached hydrogen (secondary N) is 1. The first-order valence-corrected chi connectivity index (χ1v) is 2.39. The van der Waals surface area contributed by atoms with Gasteiger partial charge in [-0.15, -0.1) is 0 Å². The van der Waals surface area contributed by atoms with Gasteiger partial charge in [-0.05, 0) is 21.3 Å². The van der Waals surface area contributed by atoms with E-state index in [1.54, 1.807) is 0 Å². The first-order valence-electron chi connectivity index (χ1n) is 2.39. The van der Waals surface area contributed by atoms with Crippen LogP contribution in [-0.4, -0.2) is 15.2 Å². The number of hydrogen-bond donors (Lipinski definition) is 1. The second-order valence-corrected chi connectivity index (χ2v) is 1.34. The fraction of sp³-hybridized carbons (Fsp3) is 0. The summed E-state index contributed by atoms with van der Waals surface area (Å²) < 4.78 is 0. The van der Waals surface area contributed by atoms with Crippen molar-refractivity contribution >= 4 is 11.9 Å². The molecule has 0 aliphatic rings. The Bertz CT molecular complexity index is 302. The maximum atomic E-state index is 7.93. The summed E-state index contributed by atoms with van der Waals surface area (Å²) in [5.41, 5.74) is 15.8. The number of azide groups is 2. The lowest BCUT2D eigenvalue weighted by molar-refractivity contribution is 1.07. The molecule has 0 saturated heterocycles. The van der Waals surface area contributed by atoms with Crippen LogP contribution in [0, 0.1) is 0 Å². The molecule has 1 aromatic heterocycles. The summed E-state index contributed by atoms with van der Waals surface area (Å²) in [5, 5.41) is 11.8. The predicted octanol–water partition coefficient (Wildman–Crippen LogP) is 1.69. The average Bonchev–Trinajstić information content (AvgIpc) is 2.38. The van der Waals surface area contributed by atoms with Crippen LogP contribution in [0.25, 0.3) is 20.9 Å². The van der Waals surface area contributed by atoms with E-state index in [0.29, 0.717) is 0 Å². The molecule has 0 aliphatic carbocycles. The largest absolute Gasteiger partial charge is 0.257 e. The third kappa shape index (κ3) is 1.58. The Hall–Kier alpha value is -2.24. The van der Waals surface area contributed by atoms with Gasteiger partial charge in [-0.2, -0.15) is 5.10 Å². The molecule has 0 radical (unpaired) electrons. The predicted molar refractivity (Wildman–Crippen MR) is 34.0 cm³/mol. The molecule has 0 unspecified atom stereocenters. The van der Waals surface area contributed by atoms with Crippen LogP contribution in [0.2, 0.25) is 0 Å². The monoisotopic (exact) mass is 151 g/mol. The molecule has 9 nitrogen and oxygen atoms in total. The van der Waals surface area contributed by atoms with Crippen molar-refractivity contribution in [1.82, 2.24) is 15.2 Å². The van der Waals surface area contributed by atoms with E-state index in [1.165, 1.54) is 0 Å². The van der Waals surface area contributed by atoms with Gasteiger partial charge in [0, 0.05) is 9.82 Å². The van der Waals surface area contributed by atoms with Crippen LogP contribution in [0.1, 0.15) is 0 Å². The topological polar surface area (TPSA) is 139 Å². The lowest BCUT2D eigenvalue weighted by Crippen LogP contribution is -1.61. The van der Waals surface area contributed by atoms with E-state index < -0.39 is 0 Å². The standard InChI is InChI=1S/C2HN9/c3-10-8-1-5-2(7-6-1)9-11-4/h(H,5,6,7). The van der Waals surface area contributed by atoms with Crippen molar-refractivity contribution in [2.24, 2.45) is 10.2 Å². The van der Waals surface area contributed by atoms with Gasteiger partial charge in [0.25, 0.3) is 0 Å².